The second kappa shape index (κ2) is 7.03. The maximum atomic E-state index is 5.72. The monoisotopic (exact) mass is 271 g/mol. The zero-order valence-electron chi connectivity index (χ0n) is 12.0. The van der Waals surface area contributed by atoms with Gasteiger partial charge in [-0.2, -0.15) is 0 Å². The van der Waals surface area contributed by atoms with Gasteiger partial charge in [0.05, 0.1) is 7.11 Å². The second-order valence-electron chi connectivity index (χ2n) is 4.86. The zero-order valence-corrected chi connectivity index (χ0v) is 12.0. The molecule has 0 saturated carbocycles. The van der Waals surface area contributed by atoms with Crippen molar-refractivity contribution in [2.45, 2.75) is 25.8 Å². The van der Waals surface area contributed by atoms with Crippen LogP contribution in [0, 0.1) is 6.92 Å². The number of pyridine rings is 1. The number of ether oxygens (including phenoxy) is 1. The summed E-state index contributed by atoms with van der Waals surface area (Å²) in [5, 5.41) is 0. The van der Waals surface area contributed by atoms with Crippen LogP contribution >= 0.6 is 0 Å². The molecule has 0 aliphatic heterocycles. The van der Waals surface area contributed by atoms with Gasteiger partial charge in [-0.3, -0.25) is 16.3 Å². The first-order valence-corrected chi connectivity index (χ1v) is 6.74. The molecule has 0 fully saturated rings. The lowest BCUT2D eigenvalue weighted by Gasteiger charge is -2.19. The Labute approximate surface area is 120 Å². The minimum atomic E-state index is 0.0602. The van der Waals surface area contributed by atoms with Crippen molar-refractivity contribution >= 4 is 0 Å². The largest absolute Gasteiger partial charge is 0.496 e. The molecule has 2 rings (SSSR count). The van der Waals surface area contributed by atoms with Crippen molar-refractivity contribution in [2.75, 3.05) is 7.11 Å². The predicted octanol–water partition coefficient (Wildman–Crippen LogP) is 2.54. The average Bonchev–Trinajstić information content (AvgIpc) is 2.49. The molecule has 1 unspecified atom stereocenters. The molecule has 0 amide bonds. The van der Waals surface area contributed by atoms with Gasteiger partial charge < -0.3 is 4.74 Å². The van der Waals surface area contributed by atoms with E-state index in [1.54, 1.807) is 13.3 Å². The maximum Gasteiger partial charge on any atom is 0.123 e. The number of hydrogen-bond acceptors (Lipinski definition) is 4. The van der Waals surface area contributed by atoms with Gasteiger partial charge in [-0.15, -0.1) is 0 Å². The summed E-state index contributed by atoms with van der Waals surface area (Å²) in [5.74, 6) is 6.59. The molecule has 0 radical (unpaired) electrons. The first kappa shape index (κ1) is 14.5. The summed E-state index contributed by atoms with van der Waals surface area (Å²) >= 11 is 0. The van der Waals surface area contributed by atoms with Gasteiger partial charge in [0, 0.05) is 24.0 Å². The summed E-state index contributed by atoms with van der Waals surface area (Å²) in [7, 11) is 1.68. The van der Waals surface area contributed by atoms with Gasteiger partial charge in [-0.05, 0) is 37.5 Å². The molecular weight excluding hydrogens is 250 g/mol. The van der Waals surface area contributed by atoms with Crippen molar-refractivity contribution in [1.82, 2.24) is 10.4 Å². The van der Waals surface area contributed by atoms with Gasteiger partial charge in [0.2, 0.25) is 0 Å². The third kappa shape index (κ3) is 3.56. The number of hydrazine groups is 1. The Morgan fingerprint density at radius 2 is 2.20 bits per heavy atom. The van der Waals surface area contributed by atoms with Crippen LogP contribution in [0.15, 0.2) is 42.7 Å². The Hall–Kier alpha value is -1.91. The molecular formula is C16H21N3O. The van der Waals surface area contributed by atoms with Gasteiger partial charge >= 0.3 is 0 Å². The Balaban J connectivity index is 2.14. The first-order valence-electron chi connectivity index (χ1n) is 6.74. The summed E-state index contributed by atoms with van der Waals surface area (Å²) in [5.41, 5.74) is 6.39. The molecule has 4 nitrogen and oxygen atoms in total. The number of nitrogens with one attached hydrogen (secondary N) is 1. The number of nitrogens with two attached hydrogens (primary N) is 1. The molecule has 2 aromatic rings. The predicted molar refractivity (Wildman–Crippen MR) is 80.4 cm³/mol. The summed E-state index contributed by atoms with van der Waals surface area (Å²) in [6, 6.07) is 10.2. The van der Waals surface area contributed by atoms with Crippen LogP contribution in [0.2, 0.25) is 0 Å². The molecule has 4 heteroatoms. The van der Waals surface area contributed by atoms with Crippen LogP contribution in [-0.2, 0) is 6.42 Å². The molecule has 106 valence electrons. The summed E-state index contributed by atoms with van der Waals surface area (Å²) in [6.45, 7) is 2.07. The van der Waals surface area contributed by atoms with E-state index in [4.69, 9.17) is 10.6 Å². The van der Waals surface area contributed by atoms with E-state index in [0.717, 1.165) is 24.2 Å². The molecule has 1 atom stereocenters. The SMILES string of the molecule is COc1ccc(C)cc1C(CCc1cccnc1)NN. The van der Waals surface area contributed by atoms with Crippen molar-refractivity contribution < 1.29 is 4.74 Å². The van der Waals surface area contributed by atoms with Crippen LogP contribution in [0.5, 0.6) is 5.75 Å². The zero-order chi connectivity index (χ0) is 14.4. The van der Waals surface area contributed by atoms with Gasteiger partial charge in [-0.25, -0.2) is 0 Å². The van der Waals surface area contributed by atoms with Gasteiger partial charge in [0.15, 0.2) is 0 Å². The van der Waals surface area contributed by atoms with Crippen LogP contribution in [0.25, 0.3) is 0 Å². The Morgan fingerprint density at radius 1 is 1.35 bits per heavy atom. The van der Waals surface area contributed by atoms with E-state index in [1.165, 1.54) is 11.1 Å². The first-order chi connectivity index (χ1) is 9.74. The fraction of sp³-hybridized carbons (Fsp3) is 0.312. The fourth-order valence-electron chi connectivity index (χ4n) is 2.31. The third-order valence-electron chi connectivity index (χ3n) is 3.41. The standard InChI is InChI=1S/C16H21N3O/c1-12-5-8-16(20-2)14(10-12)15(19-17)7-6-13-4-3-9-18-11-13/h3-5,8-11,15,19H,6-7,17H2,1-2H3. The quantitative estimate of drug-likeness (QED) is 0.626. The van der Waals surface area contributed by atoms with Crippen LogP contribution in [0.1, 0.15) is 29.2 Å². The number of benzene rings is 1. The van der Waals surface area contributed by atoms with E-state index < -0.39 is 0 Å². The van der Waals surface area contributed by atoms with Crippen molar-refractivity contribution in [3.8, 4) is 5.75 Å². The summed E-state index contributed by atoms with van der Waals surface area (Å²) < 4.78 is 5.43. The van der Waals surface area contributed by atoms with Gasteiger partial charge in [0.25, 0.3) is 0 Å². The van der Waals surface area contributed by atoms with Crippen molar-refractivity contribution in [3.63, 3.8) is 0 Å². The van der Waals surface area contributed by atoms with E-state index in [2.05, 4.69) is 29.5 Å². The molecule has 0 saturated heterocycles. The van der Waals surface area contributed by atoms with Gasteiger partial charge in [-0.1, -0.05) is 23.8 Å². The smallest absolute Gasteiger partial charge is 0.123 e. The number of aryl methyl sites for hydroxylation is 2. The molecule has 3 N–H and O–H groups in total. The molecule has 20 heavy (non-hydrogen) atoms. The van der Waals surface area contributed by atoms with Crippen molar-refractivity contribution in [3.05, 3.63) is 59.4 Å². The average molecular weight is 271 g/mol. The van der Waals surface area contributed by atoms with Crippen LogP contribution < -0.4 is 16.0 Å². The van der Waals surface area contributed by atoms with Crippen LogP contribution in [-0.4, -0.2) is 12.1 Å². The highest BCUT2D eigenvalue weighted by molar-refractivity contribution is 5.39. The van der Waals surface area contributed by atoms with E-state index in [9.17, 15) is 0 Å². The maximum absolute atomic E-state index is 5.72. The minimum Gasteiger partial charge on any atom is -0.496 e. The van der Waals surface area contributed by atoms with E-state index in [-0.39, 0.29) is 6.04 Å². The fourth-order valence-corrected chi connectivity index (χ4v) is 2.31. The van der Waals surface area contributed by atoms with E-state index >= 15 is 0 Å². The summed E-state index contributed by atoms with van der Waals surface area (Å²) in [4.78, 5) is 4.13. The second-order valence-corrected chi connectivity index (χ2v) is 4.86. The molecule has 0 bridgehead atoms. The Morgan fingerprint density at radius 3 is 2.85 bits per heavy atom. The lowest BCUT2D eigenvalue weighted by molar-refractivity contribution is 0.396. The molecule has 0 aliphatic carbocycles. The lowest BCUT2D eigenvalue weighted by atomic mass is 9.98. The van der Waals surface area contributed by atoms with E-state index in [0.29, 0.717) is 0 Å². The highest BCUT2D eigenvalue weighted by Gasteiger charge is 2.15. The van der Waals surface area contributed by atoms with Gasteiger partial charge in [0.1, 0.15) is 5.75 Å². The topological polar surface area (TPSA) is 60.2 Å². The van der Waals surface area contributed by atoms with Crippen LogP contribution in [0.4, 0.5) is 0 Å². The molecule has 0 aliphatic rings. The van der Waals surface area contributed by atoms with Crippen LogP contribution in [0.3, 0.4) is 0 Å². The minimum absolute atomic E-state index is 0.0602. The number of nitrogens with zero attached hydrogens (tertiary/aromatic N) is 1. The highest BCUT2D eigenvalue weighted by Crippen LogP contribution is 2.28. The van der Waals surface area contributed by atoms with Crippen molar-refractivity contribution in [1.29, 1.82) is 0 Å². The third-order valence-corrected chi connectivity index (χ3v) is 3.41. The normalized spacial score (nSPS) is 12.2. The Kier molecular flexibility index (Phi) is 5.09. The Bertz CT molecular complexity index is 543. The molecule has 0 spiro atoms. The van der Waals surface area contributed by atoms with Crippen molar-refractivity contribution in [2.24, 2.45) is 5.84 Å². The molecule has 1 aromatic heterocycles. The number of aromatic nitrogens is 1. The lowest BCUT2D eigenvalue weighted by Crippen LogP contribution is -2.28. The molecule has 1 heterocycles. The molecule has 1 aromatic carbocycles. The highest BCUT2D eigenvalue weighted by atomic mass is 16.5. The number of hydrogen-bond donors (Lipinski definition) is 2. The number of rotatable bonds is 6. The van der Waals surface area contributed by atoms with E-state index in [1.807, 2.05) is 24.4 Å². The number of methoxy groups -OCH3 is 1. The summed E-state index contributed by atoms with van der Waals surface area (Å²) in [6.07, 6.45) is 5.48.